The van der Waals surface area contributed by atoms with E-state index in [1.54, 1.807) is 0 Å². The molecule has 1 aliphatic rings. The van der Waals surface area contributed by atoms with Crippen molar-refractivity contribution in [2.45, 2.75) is 58.3 Å². The molecule has 2 rings (SSSR count). The van der Waals surface area contributed by atoms with Crippen molar-refractivity contribution in [2.75, 3.05) is 6.61 Å². The quantitative estimate of drug-likeness (QED) is 0.749. The Morgan fingerprint density at radius 2 is 1.85 bits per heavy atom. The smallest absolute Gasteiger partial charge is 0.140 e. The first kappa shape index (κ1) is 15.1. The fourth-order valence-electron chi connectivity index (χ4n) is 3.12. The molecular formula is C18H26O2. The van der Waals surface area contributed by atoms with E-state index < -0.39 is 0 Å². The lowest BCUT2D eigenvalue weighted by Gasteiger charge is -2.27. The van der Waals surface area contributed by atoms with Gasteiger partial charge in [0.05, 0.1) is 6.61 Å². The largest absolute Gasteiger partial charge is 0.494 e. The fourth-order valence-corrected chi connectivity index (χ4v) is 3.12. The molecule has 0 aliphatic heterocycles. The van der Waals surface area contributed by atoms with Gasteiger partial charge >= 0.3 is 0 Å². The Labute approximate surface area is 122 Å². The van der Waals surface area contributed by atoms with Gasteiger partial charge in [0.2, 0.25) is 0 Å². The number of hydrogen-bond acceptors (Lipinski definition) is 2. The van der Waals surface area contributed by atoms with Crippen LogP contribution < -0.4 is 4.74 Å². The number of rotatable bonds is 6. The summed E-state index contributed by atoms with van der Waals surface area (Å²) in [4.78, 5) is 12.3. The zero-order chi connectivity index (χ0) is 14.4. The molecule has 0 spiro atoms. The molecule has 0 heterocycles. The number of Topliss-reactive ketones (excluding diaryl/α,β-unsaturated/α-hetero) is 1. The molecular weight excluding hydrogens is 248 g/mol. The maximum Gasteiger partial charge on any atom is 0.140 e. The van der Waals surface area contributed by atoms with Crippen LogP contribution in [-0.2, 0) is 4.79 Å². The molecule has 1 saturated carbocycles. The van der Waals surface area contributed by atoms with Gasteiger partial charge in [0.25, 0.3) is 0 Å². The van der Waals surface area contributed by atoms with Crippen molar-refractivity contribution in [3.05, 3.63) is 29.8 Å². The highest BCUT2D eigenvalue weighted by molar-refractivity contribution is 5.86. The standard InChI is InChI=1S/C18H26O2/c1-3-5-14-6-11-17(18(19)13-14)15-7-9-16(10-8-15)20-12-4-2/h7-10,14,17H,3-6,11-13H2,1-2H3. The first-order valence-electron chi connectivity index (χ1n) is 8.00. The molecule has 1 fully saturated rings. The van der Waals surface area contributed by atoms with Crippen molar-refractivity contribution < 1.29 is 9.53 Å². The average molecular weight is 274 g/mol. The van der Waals surface area contributed by atoms with Gasteiger partial charge in [-0.25, -0.2) is 0 Å². The normalized spacial score (nSPS) is 22.8. The minimum Gasteiger partial charge on any atom is -0.494 e. The Balaban J connectivity index is 1.96. The van der Waals surface area contributed by atoms with E-state index in [1.165, 1.54) is 19.3 Å². The molecule has 0 radical (unpaired) electrons. The van der Waals surface area contributed by atoms with Gasteiger partial charge in [0.1, 0.15) is 11.5 Å². The van der Waals surface area contributed by atoms with Crippen LogP contribution in [0.2, 0.25) is 0 Å². The molecule has 0 aromatic heterocycles. The number of benzene rings is 1. The molecule has 0 amide bonds. The molecule has 1 aliphatic carbocycles. The summed E-state index contributed by atoms with van der Waals surface area (Å²) in [5.74, 6) is 2.07. The summed E-state index contributed by atoms with van der Waals surface area (Å²) in [5.41, 5.74) is 1.16. The second kappa shape index (κ2) is 7.47. The lowest BCUT2D eigenvalue weighted by molar-refractivity contribution is -0.123. The lowest BCUT2D eigenvalue weighted by atomic mass is 9.76. The van der Waals surface area contributed by atoms with E-state index in [0.717, 1.165) is 37.2 Å². The summed E-state index contributed by atoms with van der Waals surface area (Å²) in [6, 6.07) is 8.12. The van der Waals surface area contributed by atoms with Crippen molar-refractivity contribution in [3.63, 3.8) is 0 Å². The first-order valence-corrected chi connectivity index (χ1v) is 8.00. The summed E-state index contributed by atoms with van der Waals surface area (Å²) in [6.07, 6.45) is 6.37. The molecule has 2 heteroatoms. The summed E-state index contributed by atoms with van der Waals surface area (Å²) in [5, 5.41) is 0. The highest BCUT2D eigenvalue weighted by atomic mass is 16.5. The SMILES string of the molecule is CCCOc1ccc(C2CCC(CCC)CC2=O)cc1. The van der Waals surface area contributed by atoms with Crippen LogP contribution in [0.15, 0.2) is 24.3 Å². The third kappa shape index (κ3) is 3.84. The maximum absolute atomic E-state index is 12.3. The van der Waals surface area contributed by atoms with E-state index in [-0.39, 0.29) is 5.92 Å². The molecule has 20 heavy (non-hydrogen) atoms. The van der Waals surface area contributed by atoms with Crippen LogP contribution >= 0.6 is 0 Å². The molecule has 1 aromatic rings. The monoisotopic (exact) mass is 274 g/mol. The molecule has 110 valence electrons. The van der Waals surface area contributed by atoms with Crippen LogP contribution in [0.5, 0.6) is 5.75 Å². The summed E-state index contributed by atoms with van der Waals surface area (Å²) < 4.78 is 5.59. The van der Waals surface area contributed by atoms with Gasteiger partial charge in [-0.3, -0.25) is 4.79 Å². The number of carbonyl (C=O) groups is 1. The molecule has 2 atom stereocenters. The van der Waals surface area contributed by atoms with Crippen LogP contribution in [0.1, 0.15) is 63.9 Å². The predicted molar refractivity (Wildman–Crippen MR) is 82.2 cm³/mol. The predicted octanol–water partition coefficient (Wildman–Crippen LogP) is 4.73. The summed E-state index contributed by atoms with van der Waals surface area (Å²) in [7, 11) is 0. The number of hydrogen-bond donors (Lipinski definition) is 0. The Bertz CT molecular complexity index is 422. The van der Waals surface area contributed by atoms with E-state index >= 15 is 0 Å². The van der Waals surface area contributed by atoms with E-state index in [0.29, 0.717) is 11.7 Å². The second-order valence-electron chi connectivity index (χ2n) is 5.87. The number of ether oxygens (including phenoxy) is 1. The summed E-state index contributed by atoms with van der Waals surface area (Å²) >= 11 is 0. The van der Waals surface area contributed by atoms with Gasteiger partial charge in [-0.1, -0.05) is 38.8 Å². The molecule has 0 bridgehead atoms. The van der Waals surface area contributed by atoms with Gasteiger partial charge < -0.3 is 4.74 Å². The van der Waals surface area contributed by atoms with Crippen molar-refractivity contribution in [3.8, 4) is 5.75 Å². The van der Waals surface area contributed by atoms with E-state index in [1.807, 2.05) is 12.1 Å². The lowest BCUT2D eigenvalue weighted by Crippen LogP contribution is -2.23. The topological polar surface area (TPSA) is 26.3 Å². The zero-order valence-corrected chi connectivity index (χ0v) is 12.7. The molecule has 2 nitrogen and oxygen atoms in total. The van der Waals surface area contributed by atoms with Crippen LogP contribution in [-0.4, -0.2) is 12.4 Å². The Morgan fingerprint density at radius 3 is 2.45 bits per heavy atom. The number of ketones is 1. The minimum atomic E-state index is 0.114. The minimum absolute atomic E-state index is 0.114. The third-order valence-corrected chi connectivity index (χ3v) is 4.19. The van der Waals surface area contributed by atoms with Crippen molar-refractivity contribution >= 4 is 5.78 Å². The highest BCUT2D eigenvalue weighted by Crippen LogP contribution is 2.35. The van der Waals surface area contributed by atoms with E-state index in [9.17, 15) is 4.79 Å². The van der Waals surface area contributed by atoms with Crippen LogP contribution in [0.3, 0.4) is 0 Å². The van der Waals surface area contributed by atoms with Crippen LogP contribution in [0, 0.1) is 5.92 Å². The van der Waals surface area contributed by atoms with Gasteiger partial charge in [0, 0.05) is 12.3 Å². The fraction of sp³-hybridized carbons (Fsp3) is 0.611. The average Bonchev–Trinajstić information content (AvgIpc) is 2.46. The Morgan fingerprint density at radius 1 is 1.10 bits per heavy atom. The van der Waals surface area contributed by atoms with Crippen LogP contribution in [0.25, 0.3) is 0 Å². The number of carbonyl (C=O) groups excluding carboxylic acids is 1. The Kier molecular flexibility index (Phi) is 5.63. The van der Waals surface area contributed by atoms with Gasteiger partial charge in [0.15, 0.2) is 0 Å². The van der Waals surface area contributed by atoms with E-state index in [2.05, 4.69) is 26.0 Å². The van der Waals surface area contributed by atoms with Crippen molar-refractivity contribution in [1.29, 1.82) is 0 Å². The summed E-state index contributed by atoms with van der Waals surface area (Å²) in [6.45, 7) is 5.05. The van der Waals surface area contributed by atoms with Crippen molar-refractivity contribution in [1.82, 2.24) is 0 Å². The molecule has 2 unspecified atom stereocenters. The highest BCUT2D eigenvalue weighted by Gasteiger charge is 2.28. The second-order valence-corrected chi connectivity index (χ2v) is 5.87. The van der Waals surface area contributed by atoms with Crippen LogP contribution in [0.4, 0.5) is 0 Å². The maximum atomic E-state index is 12.3. The molecule has 0 N–H and O–H groups in total. The van der Waals surface area contributed by atoms with Gasteiger partial charge in [-0.05, 0) is 42.9 Å². The Hall–Kier alpha value is -1.31. The van der Waals surface area contributed by atoms with Gasteiger partial charge in [-0.2, -0.15) is 0 Å². The zero-order valence-electron chi connectivity index (χ0n) is 12.7. The molecule has 0 saturated heterocycles. The third-order valence-electron chi connectivity index (χ3n) is 4.19. The van der Waals surface area contributed by atoms with Gasteiger partial charge in [-0.15, -0.1) is 0 Å². The van der Waals surface area contributed by atoms with Crippen molar-refractivity contribution in [2.24, 2.45) is 5.92 Å². The van der Waals surface area contributed by atoms with E-state index in [4.69, 9.17) is 4.74 Å². The molecule has 1 aromatic carbocycles. The first-order chi connectivity index (χ1) is 9.74.